The van der Waals surface area contributed by atoms with E-state index in [9.17, 15) is 13.2 Å². The second-order valence-corrected chi connectivity index (χ2v) is 8.48. The first-order valence-corrected chi connectivity index (χ1v) is 10.8. The van der Waals surface area contributed by atoms with Crippen LogP contribution in [0.3, 0.4) is 0 Å². The van der Waals surface area contributed by atoms with Crippen molar-refractivity contribution in [3.05, 3.63) is 71.6 Å². The SMILES string of the molecule is CC(NC(C)C1CCN(Cc2ccccc2)C1)c1nc(-c2cccc(C(F)(F)F)c2)no1. The molecule has 3 unspecified atom stereocenters. The fourth-order valence-electron chi connectivity index (χ4n) is 4.22. The third-order valence-electron chi connectivity index (χ3n) is 6.04. The predicted molar refractivity (Wildman–Crippen MR) is 116 cm³/mol. The Morgan fingerprint density at radius 3 is 2.66 bits per heavy atom. The van der Waals surface area contributed by atoms with E-state index in [0.717, 1.165) is 38.2 Å². The van der Waals surface area contributed by atoms with Crippen LogP contribution in [0.5, 0.6) is 0 Å². The lowest BCUT2D eigenvalue weighted by molar-refractivity contribution is -0.137. The van der Waals surface area contributed by atoms with E-state index in [4.69, 9.17) is 4.52 Å². The zero-order valence-electron chi connectivity index (χ0n) is 18.1. The molecule has 3 atom stereocenters. The first-order chi connectivity index (χ1) is 15.3. The molecular formula is C24H27F3N4O. The minimum atomic E-state index is -4.41. The summed E-state index contributed by atoms with van der Waals surface area (Å²) in [5, 5.41) is 7.41. The third-order valence-corrected chi connectivity index (χ3v) is 6.04. The maximum absolute atomic E-state index is 13.0. The molecule has 2 heterocycles. The van der Waals surface area contributed by atoms with Crippen LogP contribution in [-0.2, 0) is 12.7 Å². The molecule has 1 N–H and O–H groups in total. The largest absolute Gasteiger partial charge is 0.416 e. The number of aromatic nitrogens is 2. The predicted octanol–water partition coefficient (Wildman–Crippen LogP) is 5.32. The van der Waals surface area contributed by atoms with Gasteiger partial charge in [0.25, 0.3) is 0 Å². The molecule has 32 heavy (non-hydrogen) atoms. The summed E-state index contributed by atoms with van der Waals surface area (Å²) in [6, 6.07) is 15.4. The molecule has 0 saturated carbocycles. The molecule has 8 heteroatoms. The Morgan fingerprint density at radius 1 is 1.12 bits per heavy atom. The molecule has 1 aromatic heterocycles. The fourth-order valence-corrected chi connectivity index (χ4v) is 4.22. The number of nitrogens with zero attached hydrogens (tertiary/aromatic N) is 3. The molecule has 2 aromatic carbocycles. The summed E-state index contributed by atoms with van der Waals surface area (Å²) in [4.78, 5) is 6.80. The van der Waals surface area contributed by atoms with E-state index in [1.807, 2.05) is 13.0 Å². The summed E-state index contributed by atoms with van der Waals surface area (Å²) in [7, 11) is 0. The van der Waals surface area contributed by atoms with Crippen LogP contribution in [0.1, 0.15) is 43.3 Å². The van der Waals surface area contributed by atoms with E-state index >= 15 is 0 Å². The van der Waals surface area contributed by atoms with Gasteiger partial charge in [-0.25, -0.2) is 0 Å². The molecule has 1 aliphatic heterocycles. The van der Waals surface area contributed by atoms with Gasteiger partial charge in [0.1, 0.15) is 0 Å². The Bertz CT molecular complexity index is 1020. The molecule has 4 rings (SSSR count). The maximum atomic E-state index is 13.0. The third kappa shape index (κ3) is 5.37. The van der Waals surface area contributed by atoms with Crippen LogP contribution in [0.15, 0.2) is 59.1 Å². The topological polar surface area (TPSA) is 54.2 Å². The highest BCUT2D eigenvalue weighted by molar-refractivity contribution is 5.55. The van der Waals surface area contributed by atoms with Gasteiger partial charge in [-0.1, -0.05) is 47.6 Å². The minimum absolute atomic E-state index is 0.155. The smallest absolute Gasteiger partial charge is 0.337 e. The van der Waals surface area contributed by atoms with Crippen molar-refractivity contribution < 1.29 is 17.7 Å². The monoisotopic (exact) mass is 444 g/mol. The van der Waals surface area contributed by atoms with Crippen LogP contribution in [0.2, 0.25) is 0 Å². The first-order valence-electron chi connectivity index (χ1n) is 10.8. The summed E-state index contributed by atoms with van der Waals surface area (Å²) in [6.45, 7) is 7.09. The van der Waals surface area contributed by atoms with E-state index in [2.05, 4.69) is 51.5 Å². The molecule has 170 valence electrons. The highest BCUT2D eigenvalue weighted by atomic mass is 19.4. The number of hydrogen-bond donors (Lipinski definition) is 1. The summed E-state index contributed by atoms with van der Waals surface area (Å²) in [5.74, 6) is 1.01. The number of alkyl halides is 3. The van der Waals surface area contributed by atoms with Gasteiger partial charge in [-0.15, -0.1) is 0 Å². The highest BCUT2D eigenvalue weighted by Gasteiger charge is 2.31. The Balaban J connectivity index is 1.35. The molecule has 0 radical (unpaired) electrons. The molecular weight excluding hydrogens is 417 g/mol. The number of rotatable bonds is 7. The number of benzene rings is 2. The average molecular weight is 445 g/mol. The van der Waals surface area contributed by atoms with Crippen molar-refractivity contribution in [1.82, 2.24) is 20.4 Å². The summed E-state index contributed by atoms with van der Waals surface area (Å²) in [5.41, 5.74) is 0.861. The van der Waals surface area contributed by atoms with Crippen LogP contribution in [0.25, 0.3) is 11.4 Å². The molecule has 1 aliphatic rings. The number of nitrogens with one attached hydrogen (secondary N) is 1. The molecule has 1 fully saturated rings. The van der Waals surface area contributed by atoms with Gasteiger partial charge in [0, 0.05) is 24.7 Å². The van der Waals surface area contributed by atoms with Crippen LogP contribution in [0.4, 0.5) is 13.2 Å². The molecule has 3 aromatic rings. The number of halogens is 3. The van der Waals surface area contributed by atoms with Crippen LogP contribution in [-0.4, -0.2) is 34.2 Å². The van der Waals surface area contributed by atoms with E-state index in [1.165, 1.54) is 11.6 Å². The number of hydrogen-bond acceptors (Lipinski definition) is 5. The first kappa shape index (κ1) is 22.5. The van der Waals surface area contributed by atoms with E-state index in [0.29, 0.717) is 11.8 Å². The van der Waals surface area contributed by atoms with Gasteiger partial charge in [0.15, 0.2) is 0 Å². The minimum Gasteiger partial charge on any atom is -0.337 e. The zero-order valence-corrected chi connectivity index (χ0v) is 18.1. The zero-order chi connectivity index (χ0) is 22.7. The summed E-state index contributed by atoms with van der Waals surface area (Å²) in [6.07, 6.45) is -3.31. The lowest BCUT2D eigenvalue weighted by Gasteiger charge is -2.24. The molecule has 0 amide bonds. The molecule has 0 bridgehead atoms. The van der Waals surface area contributed by atoms with Gasteiger partial charge in [-0.3, -0.25) is 4.90 Å². The Labute approximate surface area is 185 Å². The van der Waals surface area contributed by atoms with Gasteiger partial charge in [-0.05, 0) is 50.4 Å². The standard InChI is InChI=1S/C24H27F3N4O/c1-16(20-11-12-31(15-20)14-18-7-4-3-5-8-18)28-17(2)23-29-22(30-32-23)19-9-6-10-21(13-19)24(25,26)27/h3-10,13,16-17,20,28H,11-12,14-15H2,1-2H3. The second-order valence-electron chi connectivity index (χ2n) is 8.48. The fraction of sp³-hybridized carbons (Fsp3) is 0.417. The van der Waals surface area contributed by atoms with Crippen molar-refractivity contribution in [3.63, 3.8) is 0 Å². The van der Waals surface area contributed by atoms with Crippen LogP contribution < -0.4 is 5.32 Å². The van der Waals surface area contributed by atoms with Gasteiger partial charge >= 0.3 is 6.18 Å². The van der Waals surface area contributed by atoms with Gasteiger partial charge < -0.3 is 9.84 Å². The van der Waals surface area contributed by atoms with Crippen molar-refractivity contribution in [3.8, 4) is 11.4 Å². The second kappa shape index (κ2) is 9.42. The maximum Gasteiger partial charge on any atom is 0.416 e. The molecule has 0 spiro atoms. The van der Waals surface area contributed by atoms with Crippen molar-refractivity contribution in [1.29, 1.82) is 0 Å². The summed E-state index contributed by atoms with van der Waals surface area (Å²) < 4.78 is 44.3. The quantitative estimate of drug-likeness (QED) is 0.535. The lowest BCUT2D eigenvalue weighted by atomic mass is 10.00. The highest BCUT2D eigenvalue weighted by Crippen LogP contribution is 2.32. The van der Waals surface area contributed by atoms with E-state index in [-0.39, 0.29) is 23.5 Å². The van der Waals surface area contributed by atoms with Crippen molar-refractivity contribution in [2.75, 3.05) is 13.1 Å². The Morgan fingerprint density at radius 2 is 1.91 bits per heavy atom. The lowest BCUT2D eigenvalue weighted by Crippen LogP contribution is -2.37. The Hall–Kier alpha value is -2.71. The van der Waals surface area contributed by atoms with Crippen molar-refractivity contribution in [2.45, 2.75) is 45.1 Å². The van der Waals surface area contributed by atoms with Crippen molar-refractivity contribution >= 4 is 0 Å². The van der Waals surface area contributed by atoms with Gasteiger partial charge in [0.05, 0.1) is 11.6 Å². The molecule has 0 aliphatic carbocycles. The van der Waals surface area contributed by atoms with E-state index in [1.54, 1.807) is 6.07 Å². The number of likely N-dealkylation sites (tertiary alicyclic amines) is 1. The average Bonchev–Trinajstić information content (AvgIpc) is 3.44. The molecule has 5 nitrogen and oxygen atoms in total. The van der Waals surface area contributed by atoms with E-state index < -0.39 is 11.7 Å². The summed E-state index contributed by atoms with van der Waals surface area (Å²) >= 11 is 0. The Kier molecular flexibility index (Phi) is 6.62. The van der Waals surface area contributed by atoms with Crippen LogP contribution >= 0.6 is 0 Å². The van der Waals surface area contributed by atoms with Crippen LogP contribution in [0, 0.1) is 5.92 Å². The van der Waals surface area contributed by atoms with Gasteiger partial charge in [-0.2, -0.15) is 18.2 Å². The molecule has 1 saturated heterocycles. The van der Waals surface area contributed by atoms with Crippen molar-refractivity contribution in [2.24, 2.45) is 5.92 Å². The van der Waals surface area contributed by atoms with Gasteiger partial charge in [0.2, 0.25) is 11.7 Å². The normalized spacial score (nSPS) is 19.2.